The molecule has 0 aromatic carbocycles. The topological polar surface area (TPSA) is 76.2 Å². The van der Waals surface area contributed by atoms with Crippen molar-refractivity contribution in [1.82, 2.24) is 0 Å². The second-order valence-electron chi connectivity index (χ2n) is 2.28. The first-order valence-corrected chi connectivity index (χ1v) is 4.84. The largest absolute Gasteiger partial charge is 0.466 e. The molecule has 0 aromatic rings. The number of carbonyl (C=O) groups is 1. The average molecular weight is 283 g/mol. The summed E-state index contributed by atoms with van der Waals surface area (Å²) < 4.78 is 4.57. The molecule has 0 amide bonds. The lowest BCUT2D eigenvalue weighted by atomic mass is 10.2. The summed E-state index contributed by atoms with van der Waals surface area (Å²) in [4.78, 5) is 11.1. The van der Waals surface area contributed by atoms with E-state index in [2.05, 4.69) is 4.74 Å². The lowest BCUT2D eigenvalue weighted by Crippen LogP contribution is -2.11. The molecule has 14 heavy (non-hydrogen) atoms. The molecular formula is C8H15BrN2O2S. The van der Waals surface area contributed by atoms with E-state index in [-0.39, 0.29) is 28.1 Å². The van der Waals surface area contributed by atoms with Crippen LogP contribution in [0.1, 0.15) is 13.3 Å². The van der Waals surface area contributed by atoms with Crippen molar-refractivity contribution in [3.63, 3.8) is 0 Å². The van der Waals surface area contributed by atoms with Gasteiger partial charge in [0.05, 0.1) is 7.11 Å². The third-order valence-electron chi connectivity index (χ3n) is 1.28. The van der Waals surface area contributed by atoms with Crippen LogP contribution in [-0.2, 0) is 9.53 Å². The van der Waals surface area contributed by atoms with Gasteiger partial charge in [-0.1, -0.05) is 24.8 Å². The van der Waals surface area contributed by atoms with Crippen molar-refractivity contribution < 1.29 is 9.53 Å². The fourth-order valence-electron chi connectivity index (χ4n) is 0.734. The molecule has 0 atom stereocenters. The number of halogens is 1. The van der Waals surface area contributed by atoms with Crippen LogP contribution in [0.2, 0.25) is 0 Å². The zero-order valence-corrected chi connectivity index (χ0v) is 10.7. The molecule has 0 saturated heterocycles. The number of methoxy groups -OCH3 is 1. The molecule has 0 bridgehead atoms. The van der Waals surface area contributed by atoms with Crippen LogP contribution in [0, 0.1) is 5.41 Å². The Labute approximate surface area is 98.5 Å². The zero-order chi connectivity index (χ0) is 10.3. The van der Waals surface area contributed by atoms with Crippen molar-refractivity contribution in [3.05, 3.63) is 11.6 Å². The Bertz CT molecular complexity index is 231. The Balaban J connectivity index is 0. The lowest BCUT2D eigenvalue weighted by Gasteiger charge is -2.03. The third-order valence-corrected chi connectivity index (χ3v) is 2.05. The van der Waals surface area contributed by atoms with Crippen molar-refractivity contribution in [2.45, 2.75) is 13.3 Å². The number of ether oxygens (including phenoxy) is 1. The van der Waals surface area contributed by atoms with Gasteiger partial charge < -0.3 is 10.5 Å². The number of hydrogen-bond donors (Lipinski definition) is 2. The quantitative estimate of drug-likeness (QED) is 0.356. The van der Waals surface area contributed by atoms with E-state index in [1.165, 1.54) is 7.11 Å². The zero-order valence-electron chi connectivity index (χ0n) is 8.20. The SMILES string of the molecule is Br.CC/C=C(\CSC(=N)N)C(=O)OC. The molecule has 0 aliphatic carbocycles. The summed E-state index contributed by atoms with van der Waals surface area (Å²) in [6.45, 7) is 1.93. The van der Waals surface area contributed by atoms with Crippen LogP contribution in [0.25, 0.3) is 0 Å². The van der Waals surface area contributed by atoms with Crippen LogP contribution in [0.3, 0.4) is 0 Å². The molecule has 4 nitrogen and oxygen atoms in total. The molecule has 6 heteroatoms. The van der Waals surface area contributed by atoms with Crippen LogP contribution in [0.15, 0.2) is 11.6 Å². The van der Waals surface area contributed by atoms with Crippen LogP contribution in [0.4, 0.5) is 0 Å². The maximum atomic E-state index is 11.1. The van der Waals surface area contributed by atoms with Gasteiger partial charge >= 0.3 is 5.97 Å². The summed E-state index contributed by atoms with van der Waals surface area (Å²) >= 11 is 1.11. The minimum Gasteiger partial charge on any atom is -0.466 e. The van der Waals surface area contributed by atoms with E-state index in [1.807, 2.05) is 6.92 Å². The molecular weight excluding hydrogens is 268 g/mol. The first-order valence-electron chi connectivity index (χ1n) is 3.86. The Morgan fingerprint density at radius 2 is 2.21 bits per heavy atom. The highest BCUT2D eigenvalue weighted by Gasteiger charge is 2.09. The van der Waals surface area contributed by atoms with Crippen LogP contribution in [0.5, 0.6) is 0 Å². The molecule has 0 rings (SSSR count). The summed E-state index contributed by atoms with van der Waals surface area (Å²) in [5, 5.41) is 6.98. The van der Waals surface area contributed by atoms with Crippen molar-refractivity contribution in [3.8, 4) is 0 Å². The Morgan fingerprint density at radius 3 is 2.57 bits per heavy atom. The summed E-state index contributed by atoms with van der Waals surface area (Å²) in [5.74, 6) is 0.0474. The van der Waals surface area contributed by atoms with Crippen molar-refractivity contribution in [2.75, 3.05) is 12.9 Å². The number of thioether (sulfide) groups is 1. The number of rotatable bonds is 4. The summed E-state index contributed by atoms with van der Waals surface area (Å²) in [6.07, 6.45) is 2.55. The van der Waals surface area contributed by atoms with Gasteiger partial charge in [0.25, 0.3) is 0 Å². The molecule has 0 radical (unpaired) electrons. The van der Waals surface area contributed by atoms with Crippen LogP contribution < -0.4 is 5.73 Å². The standard InChI is InChI=1S/C8H14N2O2S.BrH/c1-3-4-6(7(11)12-2)5-13-8(9)10;/h4H,3,5H2,1-2H3,(H3,9,10);1H/b6-4+;. The van der Waals surface area contributed by atoms with E-state index in [0.717, 1.165) is 18.2 Å². The van der Waals surface area contributed by atoms with Gasteiger partial charge in [0, 0.05) is 11.3 Å². The van der Waals surface area contributed by atoms with Crippen molar-refractivity contribution >= 4 is 39.9 Å². The molecule has 0 aliphatic rings. The number of allylic oxidation sites excluding steroid dienone is 1. The molecule has 0 aliphatic heterocycles. The number of hydrogen-bond acceptors (Lipinski definition) is 4. The highest BCUT2D eigenvalue weighted by Crippen LogP contribution is 2.09. The predicted molar refractivity (Wildman–Crippen MR) is 65.1 cm³/mol. The van der Waals surface area contributed by atoms with E-state index in [0.29, 0.717) is 11.3 Å². The van der Waals surface area contributed by atoms with E-state index in [4.69, 9.17) is 11.1 Å². The average Bonchev–Trinajstić information content (AvgIpc) is 2.10. The van der Waals surface area contributed by atoms with Gasteiger partial charge in [0.2, 0.25) is 0 Å². The molecule has 0 heterocycles. The van der Waals surface area contributed by atoms with Crippen LogP contribution >= 0.6 is 28.7 Å². The van der Waals surface area contributed by atoms with Crippen molar-refractivity contribution in [2.24, 2.45) is 5.73 Å². The molecule has 3 N–H and O–H groups in total. The van der Waals surface area contributed by atoms with Gasteiger partial charge in [-0.05, 0) is 6.42 Å². The van der Waals surface area contributed by atoms with Crippen LogP contribution in [-0.4, -0.2) is 24.0 Å². The van der Waals surface area contributed by atoms with E-state index in [1.54, 1.807) is 6.08 Å². The monoisotopic (exact) mass is 282 g/mol. The predicted octanol–water partition coefficient (Wildman–Crippen LogP) is 1.70. The third kappa shape index (κ3) is 6.97. The maximum Gasteiger partial charge on any atom is 0.334 e. The summed E-state index contributed by atoms with van der Waals surface area (Å²) in [5.41, 5.74) is 5.71. The second kappa shape index (κ2) is 9.08. The van der Waals surface area contributed by atoms with Crippen molar-refractivity contribution in [1.29, 1.82) is 5.41 Å². The van der Waals surface area contributed by atoms with Gasteiger partial charge in [-0.3, -0.25) is 5.41 Å². The molecule has 0 aromatic heterocycles. The van der Waals surface area contributed by atoms with Gasteiger partial charge in [-0.25, -0.2) is 4.79 Å². The number of nitrogens with two attached hydrogens (primary N) is 1. The number of amidine groups is 1. The normalized spacial score (nSPS) is 10.3. The van der Waals surface area contributed by atoms with E-state index >= 15 is 0 Å². The fourth-order valence-corrected chi connectivity index (χ4v) is 1.28. The Morgan fingerprint density at radius 1 is 1.64 bits per heavy atom. The minimum atomic E-state index is -0.351. The Hall–Kier alpha value is -0.490. The minimum absolute atomic E-state index is 0. The lowest BCUT2D eigenvalue weighted by molar-refractivity contribution is -0.136. The van der Waals surface area contributed by atoms with Gasteiger partial charge in [0.15, 0.2) is 5.17 Å². The summed E-state index contributed by atoms with van der Waals surface area (Å²) in [6, 6.07) is 0. The fraction of sp³-hybridized carbons (Fsp3) is 0.500. The smallest absolute Gasteiger partial charge is 0.334 e. The van der Waals surface area contributed by atoms with E-state index < -0.39 is 0 Å². The molecule has 0 fully saturated rings. The van der Waals surface area contributed by atoms with Gasteiger partial charge in [-0.2, -0.15) is 0 Å². The molecule has 0 saturated carbocycles. The maximum absolute atomic E-state index is 11.1. The van der Waals surface area contributed by atoms with Gasteiger partial charge in [-0.15, -0.1) is 17.0 Å². The Kier molecular flexibility index (Phi) is 10.4. The second-order valence-corrected chi connectivity index (χ2v) is 3.30. The number of nitrogens with one attached hydrogen (secondary N) is 1. The molecule has 0 unspecified atom stereocenters. The van der Waals surface area contributed by atoms with Gasteiger partial charge in [0.1, 0.15) is 0 Å². The first kappa shape index (κ1) is 16.0. The summed E-state index contributed by atoms with van der Waals surface area (Å²) in [7, 11) is 1.34. The number of carbonyl (C=O) groups excluding carboxylic acids is 1. The molecule has 82 valence electrons. The highest BCUT2D eigenvalue weighted by atomic mass is 79.9. The van der Waals surface area contributed by atoms with E-state index in [9.17, 15) is 4.79 Å². The highest BCUT2D eigenvalue weighted by molar-refractivity contribution is 8.93. The number of esters is 1. The molecule has 0 spiro atoms. The first-order chi connectivity index (χ1) is 6.11.